The van der Waals surface area contributed by atoms with Crippen molar-refractivity contribution in [1.82, 2.24) is 4.90 Å². The lowest BCUT2D eigenvalue weighted by Crippen LogP contribution is -2.52. The summed E-state index contributed by atoms with van der Waals surface area (Å²) < 4.78 is 14.1. The van der Waals surface area contributed by atoms with Crippen LogP contribution in [0.1, 0.15) is 38.7 Å². The summed E-state index contributed by atoms with van der Waals surface area (Å²) in [5, 5.41) is 0. The van der Waals surface area contributed by atoms with Gasteiger partial charge in [0.15, 0.2) is 5.78 Å². The summed E-state index contributed by atoms with van der Waals surface area (Å²) in [4.78, 5) is 14.9. The molecule has 0 bridgehead atoms. The van der Waals surface area contributed by atoms with Crippen LogP contribution in [0.3, 0.4) is 0 Å². The molecule has 1 aromatic rings. The van der Waals surface area contributed by atoms with Crippen molar-refractivity contribution < 1.29 is 9.18 Å². The first kappa shape index (κ1) is 15.6. The number of hydrogen-bond donors (Lipinski definition) is 0. The number of ketones is 1. The number of likely N-dealkylation sites (tertiary alicyclic amines) is 1. The van der Waals surface area contributed by atoms with Crippen molar-refractivity contribution in [2.75, 3.05) is 13.1 Å². The molecule has 0 radical (unpaired) electrons. The van der Waals surface area contributed by atoms with Crippen LogP contribution in [-0.4, -0.2) is 29.3 Å². The van der Waals surface area contributed by atoms with Crippen molar-refractivity contribution >= 4 is 21.7 Å². The van der Waals surface area contributed by atoms with Gasteiger partial charge in [0.1, 0.15) is 5.82 Å². The predicted octanol–water partition coefficient (Wildman–Crippen LogP) is 3.96. The van der Waals surface area contributed by atoms with Crippen molar-refractivity contribution in [2.24, 2.45) is 0 Å². The highest BCUT2D eigenvalue weighted by Crippen LogP contribution is 2.25. The van der Waals surface area contributed by atoms with E-state index in [-0.39, 0.29) is 18.0 Å². The number of Topliss-reactive ketones (excluding diaryl/α,β-unsaturated/α-hetero) is 1. The summed E-state index contributed by atoms with van der Waals surface area (Å²) in [5.41, 5.74) is 0.242. The minimum atomic E-state index is -0.480. The van der Waals surface area contributed by atoms with Gasteiger partial charge in [-0.3, -0.25) is 9.69 Å². The van der Waals surface area contributed by atoms with Gasteiger partial charge in [-0.2, -0.15) is 0 Å². The molecule has 110 valence electrons. The number of carbonyl (C=O) groups is 1. The van der Waals surface area contributed by atoms with Crippen LogP contribution in [0.2, 0.25) is 0 Å². The SMILES string of the molecule is CC(C)(C(=O)Cc1cc(F)ccc1Br)N1CCCCC1. The molecule has 1 aliphatic rings. The molecular formula is C16H21BrFNO. The lowest BCUT2D eigenvalue weighted by Gasteiger charge is -2.39. The van der Waals surface area contributed by atoms with Gasteiger partial charge in [-0.25, -0.2) is 4.39 Å². The van der Waals surface area contributed by atoms with Gasteiger partial charge >= 0.3 is 0 Å². The Bertz CT molecular complexity index is 495. The Morgan fingerprint density at radius 3 is 2.60 bits per heavy atom. The van der Waals surface area contributed by atoms with Gasteiger partial charge < -0.3 is 0 Å². The van der Waals surface area contributed by atoms with Crippen molar-refractivity contribution in [3.8, 4) is 0 Å². The van der Waals surface area contributed by atoms with E-state index in [9.17, 15) is 9.18 Å². The predicted molar refractivity (Wildman–Crippen MR) is 82.3 cm³/mol. The topological polar surface area (TPSA) is 20.3 Å². The standard InChI is InChI=1S/C16H21BrFNO/c1-16(2,19-8-4-3-5-9-19)15(20)11-12-10-13(18)6-7-14(12)17/h6-7,10H,3-5,8-9,11H2,1-2H3. The summed E-state index contributed by atoms with van der Waals surface area (Å²) in [6, 6.07) is 4.49. The number of hydrogen-bond acceptors (Lipinski definition) is 2. The molecule has 1 heterocycles. The molecule has 20 heavy (non-hydrogen) atoms. The first-order valence-electron chi connectivity index (χ1n) is 7.13. The smallest absolute Gasteiger partial charge is 0.156 e. The molecule has 0 N–H and O–H groups in total. The summed E-state index contributed by atoms with van der Waals surface area (Å²) in [6.45, 7) is 5.91. The van der Waals surface area contributed by atoms with Crippen LogP contribution in [0.5, 0.6) is 0 Å². The summed E-state index contributed by atoms with van der Waals surface area (Å²) in [6.07, 6.45) is 3.82. The first-order chi connectivity index (χ1) is 9.41. The van der Waals surface area contributed by atoms with E-state index in [1.54, 1.807) is 6.07 Å². The Morgan fingerprint density at radius 1 is 1.30 bits per heavy atom. The van der Waals surface area contributed by atoms with Crippen LogP contribution >= 0.6 is 15.9 Å². The Kier molecular flexibility index (Phi) is 4.97. The quantitative estimate of drug-likeness (QED) is 0.825. The zero-order chi connectivity index (χ0) is 14.8. The average molecular weight is 342 g/mol. The molecule has 2 rings (SSSR count). The van der Waals surface area contributed by atoms with Gasteiger partial charge in [0.25, 0.3) is 0 Å². The lowest BCUT2D eigenvalue weighted by molar-refractivity contribution is -0.129. The second-order valence-corrected chi connectivity index (χ2v) is 6.80. The molecule has 1 aliphatic heterocycles. The van der Waals surface area contributed by atoms with E-state index in [0.29, 0.717) is 0 Å². The summed E-state index contributed by atoms with van der Waals surface area (Å²) >= 11 is 3.39. The number of carbonyl (C=O) groups excluding carboxylic acids is 1. The molecule has 1 saturated heterocycles. The third-order valence-electron chi connectivity index (χ3n) is 4.19. The molecule has 0 spiro atoms. The third-order valence-corrected chi connectivity index (χ3v) is 4.96. The van der Waals surface area contributed by atoms with Gasteiger partial charge in [-0.15, -0.1) is 0 Å². The number of halogens is 2. The van der Waals surface area contributed by atoms with Gasteiger partial charge in [0.05, 0.1) is 5.54 Å². The van der Waals surface area contributed by atoms with Crippen molar-refractivity contribution in [3.63, 3.8) is 0 Å². The van der Waals surface area contributed by atoms with Crippen molar-refractivity contribution in [3.05, 3.63) is 34.1 Å². The van der Waals surface area contributed by atoms with Crippen LogP contribution < -0.4 is 0 Å². The molecule has 4 heteroatoms. The van der Waals surface area contributed by atoms with E-state index >= 15 is 0 Å². The van der Waals surface area contributed by atoms with Crippen LogP contribution in [0.4, 0.5) is 4.39 Å². The van der Waals surface area contributed by atoms with Crippen LogP contribution in [0, 0.1) is 5.82 Å². The van der Waals surface area contributed by atoms with Gasteiger partial charge in [-0.05, 0) is 63.5 Å². The van der Waals surface area contributed by atoms with E-state index in [1.165, 1.54) is 18.6 Å². The Labute approximate surface area is 128 Å². The summed E-state index contributed by atoms with van der Waals surface area (Å²) in [5.74, 6) is -0.155. The van der Waals surface area contributed by atoms with Gasteiger partial charge in [-0.1, -0.05) is 22.4 Å². The molecule has 1 fully saturated rings. The number of benzene rings is 1. The molecule has 0 saturated carbocycles. The summed E-state index contributed by atoms with van der Waals surface area (Å²) in [7, 11) is 0. The largest absolute Gasteiger partial charge is 0.297 e. The molecule has 0 aromatic heterocycles. The first-order valence-corrected chi connectivity index (χ1v) is 7.93. The Morgan fingerprint density at radius 2 is 1.95 bits per heavy atom. The highest BCUT2D eigenvalue weighted by Gasteiger charge is 2.34. The number of piperidine rings is 1. The van der Waals surface area contributed by atoms with E-state index in [1.807, 2.05) is 13.8 Å². The molecular weight excluding hydrogens is 321 g/mol. The van der Waals surface area contributed by atoms with E-state index in [4.69, 9.17) is 0 Å². The fourth-order valence-electron chi connectivity index (χ4n) is 2.70. The fourth-order valence-corrected chi connectivity index (χ4v) is 3.08. The van der Waals surface area contributed by atoms with Gasteiger partial charge in [0.2, 0.25) is 0 Å². The van der Waals surface area contributed by atoms with E-state index in [2.05, 4.69) is 20.8 Å². The third kappa shape index (κ3) is 3.47. The van der Waals surface area contributed by atoms with Crippen molar-refractivity contribution in [2.45, 2.75) is 45.1 Å². The van der Waals surface area contributed by atoms with Gasteiger partial charge in [0, 0.05) is 10.9 Å². The molecule has 0 amide bonds. The molecule has 1 aromatic carbocycles. The highest BCUT2D eigenvalue weighted by molar-refractivity contribution is 9.10. The monoisotopic (exact) mass is 341 g/mol. The maximum atomic E-state index is 13.3. The molecule has 2 nitrogen and oxygen atoms in total. The van der Waals surface area contributed by atoms with E-state index in [0.717, 1.165) is 36.0 Å². The zero-order valence-corrected chi connectivity index (χ0v) is 13.7. The molecule has 0 unspecified atom stereocenters. The van der Waals surface area contributed by atoms with Crippen LogP contribution in [-0.2, 0) is 11.2 Å². The minimum Gasteiger partial charge on any atom is -0.297 e. The Hall–Kier alpha value is -0.740. The van der Waals surface area contributed by atoms with Crippen molar-refractivity contribution in [1.29, 1.82) is 0 Å². The molecule has 0 atom stereocenters. The lowest BCUT2D eigenvalue weighted by atomic mass is 9.90. The number of nitrogens with zero attached hydrogens (tertiary/aromatic N) is 1. The zero-order valence-electron chi connectivity index (χ0n) is 12.1. The van der Waals surface area contributed by atoms with E-state index < -0.39 is 5.54 Å². The Balaban J connectivity index is 2.11. The average Bonchev–Trinajstić information content (AvgIpc) is 2.43. The van der Waals surface area contributed by atoms with Crippen LogP contribution in [0.25, 0.3) is 0 Å². The maximum Gasteiger partial charge on any atom is 0.156 e. The minimum absolute atomic E-state index is 0.144. The highest BCUT2D eigenvalue weighted by atomic mass is 79.9. The second kappa shape index (κ2) is 6.35. The second-order valence-electron chi connectivity index (χ2n) is 5.94. The molecule has 0 aliphatic carbocycles. The normalized spacial score (nSPS) is 17.2. The maximum absolute atomic E-state index is 13.3. The van der Waals surface area contributed by atoms with Crippen LogP contribution in [0.15, 0.2) is 22.7 Å². The fraction of sp³-hybridized carbons (Fsp3) is 0.562. The number of rotatable bonds is 4.